The molecule has 1 saturated heterocycles. The van der Waals surface area contributed by atoms with Crippen molar-refractivity contribution in [1.82, 2.24) is 20.0 Å². The molecule has 1 aliphatic carbocycles. The van der Waals surface area contributed by atoms with Crippen molar-refractivity contribution in [2.75, 3.05) is 19.6 Å². The van der Waals surface area contributed by atoms with Crippen molar-refractivity contribution >= 4 is 11.9 Å². The Morgan fingerprint density at radius 2 is 1.89 bits per heavy atom. The Bertz CT molecular complexity index is 1110. The minimum absolute atomic E-state index is 0.0632. The third-order valence-electron chi connectivity index (χ3n) is 6.63. The van der Waals surface area contributed by atoms with Gasteiger partial charge in [0.1, 0.15) is 0 Å². The van der Waals surface area contributed by atoms with Crippen LogP contribution in [0.1, 0.15) is 60.6 Å². The number of benzene rings is 1. The molecule has 0 radical (unpaired) electrons. The maximum Gasteiger partial charge on any atom is 0.417 e. The van der Waals surface area contributed by atoms with Gasteiger partial charge in [-0.3, -0.25) is 19.2 Å². The van der Waals surface area contributed by atoms with E-state index >= 15 is 0 Å². The van der Waals surface area contributed by atoms with Crippen LogP contribution in [0.5, 0.6) is 0 Å². The summed E-state index contributed by atoms with van der Waals surface area (Å²) in [6.45, 7) is -0.567. The van der Waals surface area contributed by atoms with Crippen LogP contribution in [0.2, 0.25) is 0 Å². The number of aromatic nitrogens is 2. The van der Waals surface area contributed by atoms with Gasteiger partial charge in [0.05, 0.1) is 36.3 Å². The van der Waals surface area contributed by atoms with Gasteiger partial charge in [0.2, 0.25) is 0 Å². The average Bonchev–Trinajstić information content (AvgIpc) is 3.52. The first-order valence-corrected chi connectivity index (χ1v) is 11.8. The lowest BCUT2D eigenvalue weighted by atomic mass is 10.0. The second kappa shape index (κ2) is 10.2. The highest BCUT2D eigenvalue weighted by Crippen LogP contribution is 2.40. The van der Waals surface area contributed by atoms with Crippen LogP contribution in [0.3, 0.4) is 0 Å². The normalized spacial score (nSPS) is 19.5. The van der Waals surface area contributed by atoms with Gasteiger partial charge >= 0.3 is 12.1 Å². The highest BCUT2D eigenvalue weighted by molar-refractivity contribution is 5.94. The van der Waals surface area contributed by atoms with Gasteiger partial charge in [-0.05, 0) is 25.0 Å². The number of amides is 1. The van der Waals surface area contributed by atoms with E-state index < -0.39 is 48.5 Å². The van der Waals surface area contributed by atoms with Crippen molar-refractivity contribution in [2.45, 2.75) is 62.7 Å². The molecule has 36 heavy (non-hydrogen) atoms. The lowest BCUT2D eigenvalue weighted by molar-refractivity contribution is -0.138. The Morgan fingerprint density at radius 1 is 1.19 bits per heavy atom. The molecule has 1 aromatic carbocycles. The molecule has 0 spiro atoms. The second-order valence-electron chi connectivity index (χ2n) is 9.45. The van der Waals surface area contributed by atoms with E-state index in [-0.39, 0.29) is 42.5 Å². The molecule has 2 fully saturated rings. The van der Waals surface area contributed by atoms with Gasteiger partial charge in [-0.1, -0.05) is 31.0 Å². The summed E-state index contributed by atoms with van der Waals surface area (Å²) in [7, 11) is 0. The van der Waals surface area contributed by atoms with Gasteiger partial charge < -0.3 is 10.4 Å². The van der Waals surface area contributed by atoms with E-state index in [1.54, 1.807) is 0 Å². The van der Waals surface area contributed by atoms with Gasteiger partial charge in [0.25, 0.3) is 11.8 Å². The van der Waals surface area contributed by atoms with Crippen molar-refractivity contribution in [3.63, 3.8) is 0 Å². The number of aliphatic carboxylic acids is 1. The summed E-state index contributed by atoms with van der Waals surface area (Å²) in [4.78, 5) is 25.8. The quantitative estimate of drug-likeness (QED) is 0.503. The summed E-state index contributed by atoms with van der Waals surface area (Å²) in [5.74, 6) is -4.87. The van der Waals surface area contributed by atoms with Crippen molar-refractivity contribution in [3.05, 3.63) is 41.6 Å². The van der Waals surface area contributed by atoms with Crippen molar-refractivity contribution in [2.24, 2.45) is 0 Å². The molecule has 1 unspecified atom stereocenters. The van der Waals surface area contributed by atoms with Crippen molar-refractivity contribution in [1.29, 1.82) is 0 Å². The van der Waals surface area contributed by atoms with Crippen LogP contribution in [-0.4, -0.2) is 63.3 Å². The van der Waals surface area contributed by atoms with Crippen LogP contribution in [0, 0.1) is 0 Å². The number of nitrogens with zero attached hydrogens (tertiary/aromatic N) is 3. The topological polar surface area (TPSA) is 87.5 Å². The van der Waals surface area contributed by atoms with Crippen LogP contribution in [-0.2, 0) is 11.0 Å². The number of carbonyl (C=O) groups excluding carboxylic acids is 1. The second-order valence-corrected chi connectivity index (χ2v) is 9.45. The third kappa shape index (κ3) is 6.03. The number of alkyl halides is 5. The first-order valence-electron chi connectivity index (χ1n) is 11.8. The molecule has 12 heteroatoms. The zero-order valence-electron chi connectivity index (χ0n) is 19.4. The number of nitrogens with one attached hydrogen (secondary N) is 1. The largest absolute Gasteiger partial charge is 0.481 e. The van der Waals surface area contributed by atoms with Crippen LogP contribution in [0.25, 0.3) is 11.3 Å². The summed E-state index contributed by atoms with van der Waals surface area (Å²) in [5.41, 5.74) is -0.968. The Morgan fingerprint density at radius 3 is 2.50 bits per heavy atom. The molecule has 4 rings (SSSR count). The van der Waals surface area contributed by atoms with Crippen LogP contribution < -0.4 is 5.32 Å². The number of hydrogen-bond acceptors (Lipinski definition) is 4. The molecule has 1 amide bonds. The average molecular weight is 514 g/mol. The number of likely N-dealkylation sites (tertiary alicyclic amines) is 1. The Balaban J connectivity index is 1.62. The fourth-order valence-electron chi connectivity index (χ4n) is 4.99. The molecule has 1 saturated carbocycles. The van der Waals surface area contributed by atoms with E-state index in [2.05, 4.69) is 10.4 Å². The lowest BCUT2D eigenvalue weighted by Crippen LogP contribution is -2.45. The van der Waals surface area contributed by atoms with Crippen LogP contribution in [0.15, 0.2) is 30.3 Å². The van der Waals surface area contributed by atoms with Gasteiger partial charge in [-0.25, -0.2) is 8.78 Å². The number of hydrogen-bond donors (Lipinski definition) is 2. The molecule has 7 nitrogen and oxygen atoms in total. The molecule has 2 heterocycles. The van der Waals surface area contributed by atoms with Crippen molar-refractivity contribution < 1.29 is 36.6 Å². The Hall–Kier alpha value is -3.02. The molecule has 0 bridgehead atoms. The van der Waals surface area contributed by atoms with E-state index in [1.807, 2.05) is 0 Å². The van der Waals surface area contributed by atoms with Crippen LogP contribution in [0.4, 0.5) is 22.0 Å². The minimum Gasteiger partial charge on any atom is -0.481 e. The van der Waals surface area contributed by atoms with Gasteiger partial charge in [-0.15, -0.1) is 0 Å². The fourth-order valence-corrected chi connectivity index (χ4v) is 4.99. The molecular formula is C24H27F5N4O3. The number of rotatable bonds is 8. The first kappa shape index (κ1) is 26.1. The molecule has 2 aliphatic rings. The van der Waals surface area contributed by atoms with E-state index in [0.717, 1.165) is 18.9 Å². The first-order chi connectivity index (χ1) is 16.9. The number of carbonyl (C=O) groups is 2. The van der Waals surface area contributed by atoms with Gasteiger partial charge in [-0.2, -0.15) is 18.3 Å². The predicted octanol–water partition coefficient (Wildman–Crippen LogP) is 4.60. The number of halogens is 5. The Labute approximate surface area is 204 Å². The zero-order valence-corrected chi connectivity index (χ0v) is 19.4. The number of carboxylic acid groups (broad SMARTS) is 1. The lowest BCUT2D eigenvalue weighted by Gasteiger charge is -2.23. The van der Waals surface area contributed by atoms with E-state index in [4.69, 9.17) is 0 Å². The SMILES string of the molecule is O=C(O)CC(CN1CCC(F)(F)C1)NC(=O)c1cc(-c2ccccc2C(F)(F)F)n(C2CCCC2)n1. The molecule has 196 valence electrons. The summed E-state index contributed by atoms with van der Waals surface area (Å²) >= 11 is 0. The Kier molecular flexibility index (Phi) is 7.35. The van der Waals surface area contributed by atoms with E-state index in [1.165, 1.54) is 33.8 Å². The predicted molar refractivity (Wildman–Crippen MR) is 120 cm³/mol. The summed E-state index contributed by atoms with van der Waals surface area (Å²) < 4.78 is 69.8. The monoisotopic (exact) mass is 514 g/mol. The summed E-state index contributed by atoms with van der Waals surface area (Å²) in [5, 5.41) is 16.1. The molecule has 1 atom stereocenters. The van der Waals surface area contributed by atoms with Gasteiger partial charge in [0, 0.05) is 25.1 Å². The van der Waals surface area contributed by atoms with Crippen LogP contribution >= 0.6 is 0 Å². The maximum atomic E-state index is 13.7. The maximum absolute atomic E-state index is 13.7. The number of carboxylic acids is 1. The standard InChI is InChI=1S/C24H27F5N4O3/c25-23(26)9-10-32(14-23)13-15(11-21(34)35)30-22(36)19-12-20(33(31-19)16-5-1-2-6-16)17-7-3-4-8-18(17)24(27,28)29/h3-4,7-8,12,15-16H,1-2,5-6,9-11,13-14H2,(H,30,36)(H,34,35). The third-order valence-corrected chi connectivity index (χ3v) is 6.63. The van der Waals surface area contributed by atoms with Crippen molar-refractivity contribution in [3.8, 4) is 11.3 Å². The minimum atomic E-state index is -4.62. The molecular weight excluding hydrogens is 487 g/mol. The fraction of sp³-hybridized carbons (Fsp3) is 0.542. The summed E-state index contributed by atoms with van der Waals surface area (Å²) in [6.07, 6.45) is -2.30. The van der Waals surface area contributed by atoms with E-state index in [9.17, 15) is 36.6 Å². The highest BCUT2D eigenvalue weighted by Gasteiger charge is 2.39. The van der Waals surface area contributed by atoms with E-state index in [0.29, 0.717) is 12.8 Å². The zero-order chi connectivity index (χ0) is 26.1. The molecule has 2 aromatic rings. The molecule has 1 aliphatic heterocycles. The molecule has 2 N–H and O–H groups in total. The van der Waals surface area contributed by atoms with Gasteiger partial charge in [0.15, 0.2) is 5.69 Å². The molecule has 1 aromatic heterocycles. The highest BCUT2D eigenvalue weighted by atomic mass is 19.4. The summed E-state index contributed by atoms with van der Waals surface area (Å²) in [6, 6.07) is 5.18. The smallest absolute Gasteiger partial charge is 0.417 e.